The molecule has 1 fully saturated rings. The van der Waals surface area contributed by atoms with Crippen LogP contribution in [0.2, 0.25) is 0 Å². The first-order valence-electron chi connectivity index (χ1n) is 6.18. The Kier molecular flexibility index (Phi) is 2.44. The number of amides is 1. The molecule has 2 N–H and O–H groups in total. The Hall–Kier alpha value is -2.09. The second kappa shape index (κ2) is 3.98. The molecule has 18 heavy (non-hydrogen) atoms. The lowest BCUT2D eigenvalue weighted by molar-refractivity contribution is -0.120. The minimum atomic E-state index is -0.398. The predicted octanol–water partition coefficient (Wildman–Crippen LogP) is 2.87. The van der Waals surface area contributed by atoms with E-state index in [0.29, 0.717) is 0 Å². The third-order valence-electron chi connectivity index (χ3n) is 3.74. The highest BCUT2D eigenvalue weighted by molar-refractivity contribution is 5.90. The van der Waals surface area contributed by atoms with E-state index in [1.165, 1.54) is 5.56 Å². The van der Waals surface area contributed by atoms with Gasteiger partial charge >= 0.3 is 0 Å². The van der Waals surface area contributed by atoms with E-state index >= 15 is 0 Å². The standard InChI is InChI=1S/C16H15NO/c17-15(18)16(9-10-16)14-8-4-7-13(11-14)12-5-2-1-3-6-12/h1-8,11H,9-10H2,(H2,17,18). The summed E-state index contributed by atoms with van der Waals surface area (Å²) >= 11 is 0. The summed E-state index contributed by atoms with van der Waals surface area (Å²) in [6, 6.07) is 18.3. The molecule has 0 aromatic heterocycles. The molecule has 1 saturated carbocycles. The second-order valence-electron chi connectivity index (χ2n) is 4.89. The molecule has 2 nitrogen and oxygen atoms in total. The van der Waals surface area contributed by atoms with Crippen molar-refractivity contribution in [3.05, 3.63) is 60.2 Å². The van der Waals surface area contributed by atoms with Crippen molar-refractivity contribution in [3.63, 3.8) is 0 Å². The van der Waals surface area contributed by atoms with E-state index < -0.39 is 5.41 Å². The van der Waals surface area contributed by atoms with Crippen LogP contribution in [0.25, 0.3) is 11.1 Å². The number of carbonyl (C=O) groups excluding carboxylic acids is 1. The highest BCUT2D eigenvalue weighted by Crippen LogP contribution is 2.48. The summed E-state index contributed by atoms with van der Waals surface area (Å²) in [7, 11) is 0. The van der Waals surface area contributed by atoms with Crippen LogP contribution in [0, 0.1) is 0 Å². The van der Waals surface area contributed by atoms with Crippen molar-refractivity contribution in [2.24, 2.45) is 5.73 Å². The van der Waals surface area contributed by atoms with Crippen LogP contribution in [0.4, 0.5) is 0 Å². The first-order valence-corrected chi connectivity index (χ1v) is 6.18. The molecular weight excluding hydrogens is 222 g/mol. The van der Waals surface area contributed by atoms with E-state index in [0.717, 1.165) is 24.0 Å². The van der Waals surface area contributed by atoms with E-state index in [2.05, 4.69) is 24.3 Å². The van der Waals surface area contributed by atoms with Crippen molar-refractivity contribution in [2.45, 2.75) is 18.3 Å². The van der Waals surface area contributed by atoms with Crippen LogP contribution in [0.15, 0.2) is 54.6 Å². The molecule has 0 radical (unpaired) electrons. The molecule has 3 rings (SSSR count). The first kappa shape index (κ1) is 11.0. The van der Waals surface area contributed by atoms with Crippen molar-refractivity contribution in [3.8, 4) is 11.1 Å². The Bertz CT molecular complexity index is 585. The van der Waals surface area contributed by atoms with Gasteiger partial charge < -0.3 is 5.73 Å². The maximum Gasteiger partial charge on any atom is 0.228 e. The molecule has 0 saturated heterocycles. The highest BCUT2D eigenvalue weighted by Gasteiger charge is 2.49. The van der Waals surface area contributed by atoms with E-state index in [1.54, 1.807) is 0 Å². The lowest BCUT2D eigenvalue weighted by Crippen LogP contribution is -2.28. The van der Waals surface area contributed by atoms with Gasteiger partial charge in [-0.15, -0.1) is 0 Å². The van der Waals surface area contributed by atoms with Crippen molar-refractivity contribution < 1.29 is 4.79 Å². The number of nitrogens with two attached hydrogens (primary N) is 1. The van der Waals surface area contributed by atoms with E-state index in [4.69, 9.17) is 5.73 Å². The van der Waals surface area contributed by atoms with Crippen molar-refractivity contribution in [2.75, 3.05) is 0 Å². The van der Waals surface area contributed by atoms with Gasteiger partial charge in [-0.3, -0.25) is 4.79 Å². The average Bonchev–Trinajstić information content (AvgIpc) is 3.21. The molecule has 0 spiro atoms. The zero-order valence-electron chi connectivity index (χ0n) is 10.1. The van der Waals surface area contributed by atoms with Crippen LogP contribution < -0.4 is 5.73 Å². The summed E-state index contributed by atoms with van der Waals surface area (Å²) in [5.74, 6) is -0.201. The fraction of sp³-hybridized carbons (Fsp3) is 0.188. The van der Waals surface area contributed by atoms with Gasteiger partial charge in [0.15, 0.2) is 0 Å². The lowest BCUT2D eigenvalue weighted by Gasteiger charge is -2.12. The van der Waals surface area contributed by atoms with Gasteiger partial charge in [0, 0.05) is 0 Å². The van der Waals surface area contributed by atoms with Gasteiger partial charge in [0.25, 0.3) is 0 Å². The average molecular weight is 237 g/mol. The van der Waals surface area contributed by atoms with E-state index in [9.17, 15) is 4.79 Å². The van der Waals surface area contributed by atoms with Gasteiger partial charge in [-0.1, -0.05) is 54.6 Å². The number of hydrogen-bond donors (Lipinski definition) is 1. The van der Waals surface area contributed by atoms with Gasteiger partial charge in [-0.2, -0.15) is 0 Å². The largest absolute Gasteiger partial charge is 0.369 e. The Balaban J connectivity index is 2.03. The topological polar surface area (TPSA) is 43.1 Å². The molecule has 2 aromatic rings. The quantitative estimate of drug-likeness (QED) is 0.876. The minimum absolute atomic E-state index is 0.201. The SMILES string of the molecule is NC(=O)C1(c2cccc(-c3ccccc3)c2)CC1. The van der Waals surface area contributed by atoms with Gasteiger partial charge in [0.2, 0.25) is 5.91 Å². The predicted molar refractivity (Wildman–Crippen MR) is 72.0 cm³/mol. The third-order valence-corrected chi connectivity index (χ3v) is 3.74. The zero-order chi connectivity index (χ0) is 12.6. The number of primary amides is 1. The van der Waals surface area contributed by atoms with Gasteiger partial charge in [-0.25, -0.2) is 0 Å². The highest BCUT2D eigenvalue weighted by atomic mass is 16.1. The molecule has 1 aliphatic carbocycles. The van der Waals surface area contributed by atoms with Crippen molar-refractivity contribution in [1.29, 1.82) is 0 Å². The van der Waals surface area contributed by atoms with Crippen LogP contribution in [0.5, 0.6) is 0 Å². The Labute approximate surface area is 106 Å². The molecule has 1 amide bonds. The molecule has 0 aliphatic heterocycles. The third kappa shape index (κ3) is 1.70. The van der Waals surface area contributed by atoms with E-state index in [1.807, 2.05) is 30.3 Å². The van der Waals surface area contributed by atoms with Crippen LogP contribution in [-0.2, 0) is 10.2 Å². The summed E-state index contributed by atoms with van der Waals surface area (Å²) in [5, 5.41) is 0. The maximum atomic E-state index is 11.6. The van der Waals surface area contributed by atoms with Crippen molar-refractivity contribution in [1.82, 2.24) is 0 Å². The molecule has 90 valence electrons. The second-order valence-corrected chi connectivity index (χ2v) is 4.89. The van der Waals surface area contributed by atoms with Crippen LogP contribution in [-0.4, -0.2) is 5.91 Å². The van der Waals surface area contributed by atoms with Crippen LogP contribution in [0.1, 0.15) is 18.4 Å². The minimum Gasteiger partial charge on any atom is -0.369 e. The molecule has 2 aromatic carbocycles. The fourth-order valence-electron chi connectivity index (χ4n) is 2.43. The Morgan fingerprint density at radius 3 is 2.22 bits per heavy atom. The number of benzene rings is 2. The Morgan fingerprint density at radius 2 is 1.61 bits per heavy atom. The zero-order valence-corrected chi connectivity index (χ0v) is 10.1. The van der Waals surface area contributed by atoms with Crippen LogP contribution >= 0.6 is 0 Å². The normalized spacial score (nSPS) is 16.2. The summed E-state index contributed by atoms with van der Waals surface area (Å²) in [5.41, 5.74) is 8.47. The Morgan fingerprint density at radius 1 is 0.944 bits per heavy atom. The summed E-state index contributed by atoms with van der Waals surface area (Å²) in [6.07, 6.45) is 1.75. The van der Waals surface area contributed by atoms with Crippen molar-refractivity contribution >= 4 is 5.91 Å². The monoisotopic (exact) mass is 237 g/mol. The van der Waals surface area contributed by atoms with Gasteiger partial charge in [0.05, 0.1) is 5.41 Å². The van der Waals surface area contributed by atoms with E-state index in [-0.39, 0.29) is 5.91 Å². The summed E-state index contributed by atoms with van der Waals surface area (Å²) < 4.78 is 0. The van der Waals surface area contributed by atoms with Crippen LogP contribution in [0.3, 0.4) is 0 Å². The molecule has 1 aliphatic rings. The maximum absolute atomic E-state index is 11.6. The lowest BCUT2D eigenvalue weighted by atomic mass is 9.92. The number of carbonyl (C=O) groups is 1. The molecule has 0 bridgehead atoms. The molecular formula is C16H15NO. The fourth-order valence-corrected chi connectivity index (χ4v) is 2.43. The number of rotatable bonds is 3. The smallest absolute Gasteiger partial charge is 0.228 e. The first-order chi connectivity index (χ1) is 8.72. The molecule has 2 heteroatoms. The summed E-state index contributed by atoms with van der Waals surface area (Å²) in [6.45, 7) is 0. The molecule has 0 atom stereocenters. The van der Waals surface area contributed by atoms with Gasteiger partial charge in [-0.05, 0) is 29.5 Å². The molecule has 0 heterocycles. The summed E-state index contributed by atoms with van der Waals surface area (Å²) in [4.78, 5) is 11.6. The van der Waals surface area contributed by atoms with Gasteiger partial charge in [0.1, 0.15) is 0 Å². The molecule has 0 unspecified atom stereocenters. The number of hydrogen-bond acceptors (Lipinski definition) is 1.